The van der Waals surface area contributed by atoms with Gasteiger partial charge in [-0.05, 0) is 68.8 Å². The molecular weight excluding hydrogens is 339 g/mol. The molecule has 0 radical (unpaired) electrons. The number of nitrogens with two attached hydrogens (primary N) is 1. The first-order valence-electron chi connectivity index (χ1n) is 9.42. The molecule has 3 aromatic rings. The minimum atomic E-state index is -0.209. The Hall–Kier alpha value is -2.66. The predicted octanol–water partition coefficient (Wildman–Crippen LogP) is 4.44. The summed E-state index contributed by atoms with van der Waals surface area (Å²) in [6, 6.07) is 11.6. The number of hydrogen-bond donors (Lipinski definition) is 2. The summed E-state index contributed by atoms with van der Waals surface area (Å²) in [6.07, 6.45) is 4.18. The molecule has 1 aromatic heterocycles. The highest BCUT2D eigenvalue weighted by Gasteiger charge is 2.21. The maximum atomic E-state index is 14.6. The van der Waals surface area contributed by atoms with Crippen molar-refractivity contribution in [3.05, 3.63) is 54.0 Å². The lowest BCUT2D eigenvalue weighted by Crippen LogP contribution is -2.31. The summed E-state index contributed by atoms with van der Waals surface area (Å²) in [7, 11) is 2.17. The van der Waals surface area contributed by atoms with Crippen molar-refractivity contribution >= 4 is 22.3 Å². The number of nitrogens with zero attached hydrogens (tertiary/aromatic N) is 2. The summed E-state index contributed by atoms with van der Waals surface area (Å²) in [5.41, 5.74) is 9.30. The summed E-state index contributed by atoms with van der Waals surface area (Å²) < 4.78 is 14.6. The maximum absolute atomic E-state index is 14.6. The van der Waals surface area contributed by atoms with Crippen LogP contribution in [-0.4, -0.2) is 36.1 Å². The zero-order valence-electron chi connectivity index (χ0n) is 15.8. The molecule has 27 heavy (non-hydrogen) atoms. The molecule has 0 amide bonds. The lowest BCUT2D eigenvalue weighted by Gasteiger charge is -2.21. The second kappa shape index (κ2) is 7.16. The van der Waals surface area contributed by atoms with Gasteiger partial charge < -0.3 is 16.0 Å². The van der Waals surface area contributed by atoms with Crippen molar-refractivity contribution in [3.63, 3.8) is 0 Å². The molecule has 0 spiro atoms. The van der Waals surface area contributed by atoms with Crippen molar-refractivity contribution in [2.45, 2.75) is 25.8 Å². The minimum absolute atomic E-state index is 0.209. The molecule has 1 atom stereocenters. The van der Waals surface area contributed by atoms with E-state index in [9.17, 15) is 4.39 Å². The topological polar surface area (TPSA) is 54.2 Å². The van der Waals surface area contributed by atoms with Gasteiger partial charge in [-0.25, -0.2) is 9.37 Å². The largest absolute Gasteiger partial charge is 0.384 e. The first kappa shape index (κ1) is 17.7. The van der Waals surface area contributed by atoms with E-state index in [1.807, 2.05) is 31.2 Å². The van der Waals surface area contributed by atoms with Crippen LogP contribution < -0.4 is 11.1 Å². The highest BCUT2D eigenvalue weighted by atomic mass is 19.1. The van der Waals surface area contributed by atoms with Crippen molar-refractivity contribution in [1.82, 2.24) is 9.88 Å². The smallest absolute Gasteiger partial charge is 0.131 e. The Bertz CT molecular complexity index is 965. The van der Waals surface area contributed by atoms with E-state index in [0.717, 1.165) is 40.7 Å². The molecule has 0 saturated carbocycles. The van der Waals surface area contributed by atoms with Gasteiger partial charge in [-0.1, -0.05) is 12.1 Å². The molecule has 1 aliphatic rings. The number of rotatable bonds is 4. The number of benzene rings is 2. The van der Waals surface area contributed by atoms with E-state index in [-0.39, 0.29) is 5.82 Å². The molecule has 2 heterocycles. The van der Waals surface area contributed by atoms with Crippen LogP contribution in [0.5, 0.6) is 0 Å². The highest BCUT2D eigenvalue weighted by Crippen LogP contribution is 2.34. The van der Waals surface area contributed by atoms with Crippen LogP contribution in [0.25, 0.3) is 21.9 Å². The quantitative estimate of drug-likeness (QED) is 0.719. The van der Waals surface area contributed by atoms with Gasteiger partial charge in [0.05, 0.1) is 0 Å². The number of aryl methyl sites for hydroxylation is 1. The average molecular weight is 364 g/mol. The van der Waals surface area contributed by atoms with Crippen LogP contribution in [0.15, 0.2) is 42.6 Å². The predicted molar refractivity (Wildman–Crippen MR) is 110 cm³/mol. The summed E-state index contributed by atoms with van der Waals surface area (Å²) in [5, 5.41) is 5.55. The van der Waals surface area contributed by atoms with Crippen LogP contribution in [-0.2, 0) is 0 Å². The average Bonchev–Trinajstić information content (AvgIpc) is 3.05. The molecule has 1 saturated heterocycles. The fraction of sp³-hybridized carbons (Fsp3) is 0.318. The number of likely N-dealkylation sites (tertiary alicyclic amines) is 1. The van der Waals surface area contributed by atoms with Gasteiger partial charge in [0.1, 0.15) is 11.6 Å². The minimum Gasteiger partial charge on any atom is -0.384 e. The number of nitrogen functional groups attached to an aromatic ring is 1. The summed E-state index contributed by atoms with van der Waals surface area (Å²) >= 11 is 0. The van der Waals surface area contributed by atoms with Crippen molar-refractivity contribution in [3.8, 4) is 11.1 Å². The van der Waals surface area contributed by atoms with Gasteiger partial charge in [0.15, 0.2) is 0 Å². The van der Waals surface area contributed by atoms with Gasteiger partial charge in [0, 0.05) is 40.8 Å². The van der Waals surface area contributed by atoms with E-state index in [4.69, 9.17) is 5.73 Å². The molecule has 0 bridgehead atoms. The molecule has 5 heteroatoms. The first-order valence-corrected chi connectivity index (χ1v) is 9.42. The molecule has 4 rings (SSSR count). The molecule has 0 aliphatic carbocycles. The third kappa shape index (κ3) is 3.47. The van der Waals surface area contributed by atoms with Gasteiger partial charge >= 0.3 is 0 Å². The Kier molecular flexibility index (Phi) is 4.70. The van der Waals surface area contributed by atoms with Gasteiger partial charge in [-0.15, -0.1) is 0 Å². The molecule has 3 N–H and O–H groups in total. The summed E-state index contributed by atoms with van der Waals surface area (Å²) in [4.78, 5) is 6.61. The summed E-state index contributed by atoms with van der Waals surface area (Å²) in [6.45, 7) is 3.93. The Morgan fingerprint density at radius 1 is 1.30 bits per heavy atom. The lowest BCUT2D eigenvalue weighted by atomic mass is 9.96. The van der Waals surface area contributed by atoms with Crippen molar-refractivity contribution in [2.75, 3.05) is 31.2 Å². The second-order valence-corrected chi connectivity index (χ2v) is 7.44. The fourth-order valence-electron chi connectivity index (χ4n) is 4.03. The molecule has 1 aliphatic heterocycles. The molecule has 2 aromatic carbocycles. The number of nitrogens with one attached hydrogen (secondary N) is 1. The van der Waals surface area contributed by atoms with Crippen LogP contribution in [0, 0.1) is 12.7 Å². The van der Waals surface area contributed by atoms with E-state index in [2.05, 4.69) is 22.2 Å². The normalized spacial score (nSPS) is 17.5. The second-order valence-electron chi connectivity index (χ2n) is 7.44. The Morgan fingerprint density at radius 2 is 2.15 bits per heavy atom. The van der Waals surface area contributed by atoms with E-state index < -0.39 is 0 Å². The van der Waals surface area contributed by atoms with Gasteiger partial charge in [-0.2, -0.15) is 0 Å². The molecule has 1 fully saturated rings. The molecule has 4 nitrogen and oxygen atoms in total. The van der Waals surface area contributed by atoms with Crippen LogP contribution in [0.3, 0.4) is 0 Å². The fourth-order valence-corrected chi connectivity index (χ4v) is 4.03. The van der Waals surface area contributed by atoms with Crippen LogP contribution >= 0.6 is 0 Å². The summed E-state index contributed by atoms with van der Waals surface area (Å²) in [5.74, 6) is 0.276. The molecular formula is C22H25FN4. The Labute approximate surface area is 159 Å². The van der Waals surface area contributed by atoms with E-state index in [0.29, 0.717) is 17.4 Å². The Morgan fingerprint density at radius 3 is 2.89 bits per heavy atom. The van der Waals surface area contributed by atoms with Gasteiger partial charge in [-0.3, -0.25) is 0 Å². The maximum Gasteiger partial charge on any atom is 0.131 e. The monoisotopic (exact) mass is 364 g/mol. The van der Waals surface area contributed by atoms with Crippen LogP contribution in [0.4, 0.5) is 15.9 Å². The number of pyridine rings is 1. The van der Waals surface area contributed by atoms with E-state index >= 15 is 0 Å². The third-order valence-electron chi connectivity index (χ3n) is 5.57. The Balaban J connectivity index is 1.79. The number of fused-ring (bicyclic) bond motifs is 1. The van der Waals surface area contributed by atoms with Crippen molar-refractivity contribution in [2.24, 2.45) is 0 Å². The van der Waals surface area contributed by atoms with E-state index in [1.54, 1.807) is 12.3 Å². The number of anilines is 2. The zero-order chi connectivity index (χ0) is 19.0. The van der Waals surface area contributed by atoms with Gasteiger partial charge in [0.25, 0.3) is 0 Å². The standard InChI is InChI=1S/C22H25FN4/c1-14-5-3-7-19(23)22(14)15-9-16-12-26-21(24)11-18(16)20(10-15)25-13-17-6-4-8-27(17)2/h3,5,7,9-12,17,25H,4,6,8,13H2,1-2H3,(H2,24,26). The number of halogens is 1. The van der Waals surface area contributed by atoms with Crippen LogP contribution in [0.1, 0.15) is 18.4 Å². The number of aromatic nitrogens is 1. The highest BCUT2D eigenvalue weighted by molar-refractivity contribution is 5.98. The van der Waals surface area contributed by atoms with E-state index in [1.165, 1.54) is 18.9 Å². The van der Waals surface area contributed by atoms with Crippen molar-refractivity contribution in [1.29, 1.82) is 0 Å². The van der Waals surface area contributed by atoms with Gasteiger partial charge in [0.2, 0.25) is 0 Å². The number of likely N-dealkylation sites (N-methyl/N-ethyl adjacent to an activating group) is 1. The zero-order valence-corrected chi connectivity index (χ0v) is 15.8. The number of hydrogen-bond acceptors (Lipinski definition) is 4. The van der Waals surface area contributed by atoms with Crippen LogP contribution in [0.2, 0.25) is 0 Å². The first-order chi connectivity index (χ1) is 13.0. The molecule has 140 valence electrons. The lowest BCUT2D eigenvalue weighted by molar-refractivity contribution is 0.322. The third-order valence-corrected chi connectivity index (χ3v) is 5.57. The molecule has 1 unspecified atom stereocenters. The SMILES string of the molecule is Cc1cccc(F)c1-c1cc(NCC2CCCN2C)c2cc(N)ncc2c1. The van der Waals surface area contributed by atoms with Crippen molar-refractivity contribution < 1.29 is 4.39 Å².